The highest BCUT2D eigenvalue weighted by Gasteiger charge is 2.35. The molecule has 0 radical (unpaired) electrons. The van der Waals surface area contributed by atoms with Crippen LogP contribution in [0.2, 0.25) is 0 Å². The van der Waals surface area contributed by atoms with Gasteiger partial charge >= 0.3 is 6.18 Å². The van der Waals surface area contributed by atoms with Crippen molar-refractivity contribution in [2.75, 3.05) is 19.7 Å². The maximum atomic E-state index is 13.0. The van der Waals surface area contributed by atoms with Gasteiger partial charge in [0.2, 0.25) is 0 Å². The summed E-state index contributed by atoms with van der Waals surface area (Å²) in [5.41, 5.74) is 4.33. The molecule has 1 rings (SSSR count). The molecule has 0 aliphatic heterocycles. The first-order valence-corrected chi connectivity index (χ1v) is 5.81. The molecule has 0 saturated heterocycles. The molecule has 108 valence electrons. The summed E-state index contributed by atoms with van der Waals surface area (Å²) in [5, 5.41) is 11.5. The van der Waals surface area contributed by atoms with Crippen LogP contribution in [-0.4, -0.2) is 24.8 Å². The summed E-state index contributed by atoms with van der Waals surface area (Å²) in [7, 11) is 0. The second kappa shape index (κ2) is 6.83. The maximum Gasteiger partial charge on any atom is 0.416 e. The summed E-state index contributed by atoms with van der Waals surface area (Å²) in [6.07, 6.45) is -4.23. The topological polar surface area (TPSA) is 58.3 Å². The molecular formula is C12H16F4N2O. The van der Waals surface area contributed by atoms with Crippen molar-refractivity contribution in [2.45, 2.75) is 18.6 Å². The normalized spacial score (nSPS) is 13.6. The molecule has 1 aromatic carbocycles. The first-order valence-electron chi connectivity index (χ1n) is 5.81. The number of nitrogens with one attached hydrogen (secondary N) is 1. The van der Waals surface area contributed by atoms with E-state index in [0.717, 1.165) is 12.1 Å². The first-order chi connectivity index (χ1) is 8.90. The molecule has 1 aromatic rings. The van der Waals surface area contributed by atoms with Crippen molar-refractivity contribution >= 4 is 0 Å². The molecule has 0 spiro atoms. The fourth-order valence-electron chi connectivity index (χ4n) is 1.75. The van der Waals surface area contributed by atoms with E-state index in [4.69, 9.17) is 10.8 Å². The highest BCUT2D eigenvalue weighted by molar-refractivity contribution is 5.33. The smallest absolute Gasteiger partial charge is 0.396 e. The maximum absolute atomic E-state index is 13.0. The van der Waals surface area contributed by atoms with Crippen molar-refractivity contribution in [3.63, 3.8) is 0 Å². The summed E-state index contributed by atoms with van der Waals surface area (Å²) in [6, 6.07) is 1.79. The molecule has 1 unspecified atom stereocenters. The van der Waals surface area contributed by atoms with Gasteiger partial charge in [-0.3, -0.25) is 0 Å². The lowest BCUT2D eigenvalue weighted by atomic mass is 9.99. The minimum atomic E-state index is -4.64. The highest BCUT2D eigenvalue weighted by atomic mass is 19.4. The molecule has 0 aliphatic carbocycles. The van der Waals surface area contributed by atoms with Crippen molar-refractivity contribution in [3.8, 4) is 0 Å². The van der Waals surface area contributed by atoms with Crippen LogP contribution in [0, 0.1) is 5.82 Å². The van der Waals surface area contributed by atoms with Gasteiger partial charge in [-0.25, -0.2) is 4.39 Å². The van der Waals surface area contributed by atoms with Gasteiger partial charge < -0.3 is 16.2 Å². The highest BCUT2D eigenvalue weighted by Crippen LogP contribution is 2.34. The van der Waals surface area contributed by atoms with Gasteiger partial charge in [0, 0.05) is 19.2 Å². The van der Waals surface area contributed by atoms with Crippen LogP contribution in [0.1, 0.15) is 23.6 Å². The fraction of sp³-hybridized carbons (Fsp3) is 0.500. The molecular weight excluding hydrogens is 264 g/mol. The van der Waals surface area contributed by atoms with E-state index in [1.807, 2.05) is 0 Å². The molecule has 19 heavy (non-hydrogen) atoms. The Hall–Kier alpha value is -1.18. The molecule has 4 N–H and O–H groups in total. The van der Waals surface area contributed by atoms with Crippen LogP contribution >= 0.6 is 0 Å². The van der Waals surface area contributed by atoms with Crippen molar-refractivity contribution in [1.29, 1.82) is 0 Å². The number of aliphatic hydroxyl groups excluding tert-OH is 1. The van der Waals surface area contributed by atoms with Crippen LogP contribution in [0.25, 0.3) is 0 Å². The molecule has 1 atom stereocenters. The third-order valence-electron chi connectivity index (χ3n) is 2.66. The zero-order chi connectivity index (χ0) is 14.5. The third-order valence-corrected chi connectivity index (χ3v) is 2.66. The van der Waals surface area contributed by atoms with E-state index >= 15 is 0 Å². The van der Waals surface area contributed by atoms with E-state index in [1.165, 1.54) is 0 Å². The Morgan fingerprint density at radius 1 is 1.32 bits per heavy atom. The van der Waals surface area contributed by atoms with Gasteiger partial charge in [0.05, 0.1) is 5.56 Å². The zero-order valence-electron chi connectivity index (χ0n) is 10.2. The second-order valence-electron chi connectivity index (χ2n) is 4.05. The van der Waals surface area contributed by atoms with Gasteiger partial charge in [0.15, 0.2) is 0 Å². The summed E-state index contributed by atoms with van der Waals surface area (Å²) in [5.74, 6) is -0.942. The van der Waals surface area contributed by atoms with E-state index in [0.29, 0.717) is 19.0 Å². The predicted molar refractivity (Wildman–Crippen MR) is 62.9 cm³/mol. The fourth-order valence-corrected chi connectivity index (χ4v) is 1.75. The van der Waals surface area contributed by atoms with E-state index in [9.17, 15) is 17.6 Å². The predicted octanol–water partition coefficient (Wildman–Crippen LogP) is 1.82. The van der Waals surface area contributed by atoms with Crippen LogP contribution in [-0.2, 0) is 6.18 Å². The monoisotopic (exact) mass is 280 g/mol. The Kier molecular flexibility index (Phi) is 5.71. The summed E-state index contributed by atoms with van der Waals surface area (Å²) < 4.78 is 51.5. The number of halogens is 4. The summed E-state index contributed by atoms with van der Waals surface area (Å²) in [4.78, 5) is 0. The number of hydrogen-bond donors (Lipinski definition) is 3. The quantitative estimate of drug-likeness (QED) is 0.550. The molecule has 7 heteroatoms. The Balaban J connectivity index is 3.02. The Morgan fingerprint density at radius 3 is 2.53 bits per heavy atom. The second-order valence-corrected chi connectivity index (χ2v) is 4.05. The lowest BCUT2D eigenvalue weighted by Gasteiger charge is -2.21. The Bertz CT molecular complexity index is 409. The number of rotatable bonds is 6. The largest absolute Gasteiger partial charge is 0.416 e. The summed E-state index contributed by atoms with van der Waals surface area (Å²) >= 11 is 0. The SMILES string of the molecule is NCC(NCCCO)c1ccc(F)cc1C(F)(F)F. The molecule has 0 heterocycles. The standard InChI is InChI=1S/C12H16F4N2O/c13-8-2-3-9(10(6-8)12(14,15)16)11(7-17)18-4-1-5-19/h2-3,6,11,18-19H,1,4-5,7,17H2. The van der Waals surface area contributed by atoms with Crippen molar-refractivity contribution in [1.82, 2.24) is 5.32 Å². The van der Waals surface area contributed by atoms with Crippen molar-refractivity contribution < 1.29 is 22.7 Å². The number of hydrogen-bond acceptors (Lipinski definition) is 3. The van der Waals surface area contributed by atoms with Crippen LogP contribution in [0.4, 0.5) is 17.6 Å². The van der Waals surface area contributed by atoms with E-state index in [-0.39, 0.29) is 18.7 Å². The first kappa shape index (κ1) is 15.9. The molecule has 0 aliphatic rings. The minimum absolute atomic E-state index is 0.0554. The Morgan fingerprint density at radius 2 is 2.00 bits per heavy atom. The van der Waals surface area contributed by atoms with Crippen LogP contribution in [0.5, 0.6) is 0 Å². The van der Waals surface area contributed by atoms with E-state index in [1.54, 1.807) is 0 Å². The number of benzene rings is 1. The van der Waals surface area contributed by atoms with Crippen LogP contribution < -0.4 is 11.1 Å². The zero-order valence-corrected chi connectivity index (χ0v) is 10.2. The van der Waals surface area contributed by atoms with Gasteiger partial charge in [-0.1, -0.05) is 6.07 Å². The average molecular weight is 280 g/mol. The minimum Gasteiger partial charge on any atom is -0.396 e. The molecule has 3 nitrogen and oxygen atoms in total. The van der Waals surface area contributed by atoms with Crippen molar-refractivity contribution in [3.05, 3.63) is 35.1 Å². The van der Waals surface area contributed by atoms with Gasteiger partial charge in [-0.05, 0) is 30.7 Å². The van der Waals surface area contributed by atoms with Gasteiger partial charge in [0.25, 0.3) is 0 Å². The van der Waals surface area contributed by atoms with Crippen LogP contribution in [0.3, 0.4) is 0 Å². The molecule has 0 saturated carbocycles. The lowest BCUT2D eigenvalue weighted by Crippen LogP contribution is -2.31. The lowest BCUT2D eigenvalue weighted by molar-refractivity contribution is -0.138. The van der Waals surface area contributed by atoms with Gasteiger partial charge in [-0.2, -0.15) is 13.2 Å². The number of aliphatic hydroxyl groups is 1. The van der Waals surface area contributed by atoms with Gasteiger partial charge in [0.1, 0.15) is 5.82 Å². The van der Waals surface area contributed by atoms with E-state index < -0.39 is 23.6 Å². The summed E-state index contributed by atoms with van der Waals surface area (Å²) in [6.45, 7) is 0.201. The van der Waals surface area contributed by atoms with E-state index in [2.05, 4.69) is 5.32 Å². The van der Waals surface area contributed by atoms with Crippen LogP contribution in [0.15, 0.2) is 18.2 Å². The van der Waals surface area contributed by atoms with Crippen molar-refractivity contribution in [2.24, 2.45) is 5.73 Å². The number of nitrogens with two attached hydrogens (primary N) is 1. The molecule has 0 bridgehead atoms. The molecule has 0 aromatic heterocycles. The average Bonchev–Trinajstić information content (AvgIpc) is 2.34. The van der Waals surface area contributed by atoms with Gasteiger partial charge in [-0.15, -0.1) is 0 Å². The Labute approximate surface area is 108 Å². The molecule has 0 amide bonds. The third kappa shape index (κ3) is 4.45. The number of alkyl halides is 3. The molecule has 0 fully saturated rings.